The summed E-state index contributed by atoms with van der Waals surface area (Å²) in [5, 5.41) is 3.47. The molecule has 0 aromatic heterocycles. The van der Waals surface area contributed by atoms with E-state index in [1.54, 1.807) is 6.07 Å². The third-order valence-corrected chi connectivity index (χ3v) is 3.66. The summed E-state index contributed by atoms with van der Waals surface area (Å²) < 4.78 is 13.1. The lowest BCUT2D eigenvalue weighted by atomic mass is 9.70. The summed E-state index contributed by atoms with van der Waals surface area (Å²) in [5.41, 5.74) is 2.41. The minimum Gasteiger partial charge on any atom is -0.312 e. The second-order valence-corrected chi connectivity index (χ2v) is 5.35. The Bertz CT molecular complexity index is 374. The zero-order valence-electron chi connectivity index (χ0n) is 10.6. The fourth-order valence-corrected chi connectivity index (χ4v) is 2.28. The predicted molar refractivity (Wildman–Crippen MR) is 72.0 cm³/mol. The first-order valence-corrected chi connectivity index (χ1v) is 6.05. The van der Waals surface area contributed by atoms with Gasteiger partial charge in [0.1, 0.15) is 5.82 Å². The molecule has 0 heterocycles. The Hall–Kier alpha value is -0.600. The van der Waals surface area contributed by atoms with Crippen molar-refractivity contribution in [3.8, 4) is 0 Å². The van der Waals surface area contributed by atoms with Gasteiger partial charge in [-0.2, -0.15) is 0 Å². The van der Waals surface area contributed by atoms with Gasteiger partial charge in [0, 0.05) is 13.1 Å². The SMILES string of the molecule is Cc1cc(CNCC2(C)CCC2)ccc1F.Cl. The van der Waals surface area contributed by atoms with Crippen molar-refractivity contribution in [3.05, 3.63) is 35.1 Å². The molecule has 0 atom stereocenters. The molecule has 3 heteroatoms. The third kappa shape index (κ3) is 3.68. The van der Waals surface area contributed by atoms with Crippen molar-refractivity contribution in [1.82, 2.24) is 5.32 Å². The monoisotopic (exact) mass is 257 g/mol. The largest absolute Gasteiger partial charge is 0.312 e. The number of hydrogen-bond donors (Lipinski definition) is 1. The van der Waals surface area contributed by atoms with Crippen LogP contribution in [0.4, 0.5) is 4.39 Å². The Morgan fingerprint density at radius 3 is 2.59 bits per heavy atom. The van der Waals surface area contributed by atoms with Crippen molar-refractivity contribution in [2.45, 2.75) is 39.7 Å². The van der Waals surface area contributed by atoms with E-state index in [0.29, 0.717) is 5.41 Å². The second-order valence-electron chi connectivity index (χ2n) is 5.35. The summed E-state index contributed by atoms with van der Waals surface area (Å²) in [6, 6.07) is 5.33. The van der Waals surface area contributed by atoms with Crippen molar-refractivity contribution >= 4 is 12.4 Å². The van der Waals surface area contributed by atoms with Gasteiger partial charge in [-0.05, 0) is 42.4 Å². The molecule has 1 aromatic rings. The molecule has 1 fully saturated rings. The molecule has 1 aliphatic rings. The van der Waals surface area contributed by atoms with Gasteiger partial charge in [0.25, 0.3) is 0 Å². The maximum atomic E-state index is 13.1. The van der Waals surface area contributed by atoms with Crippen molar-refractivity contribution in [2.24, 2.45) is 5.41 Å². The Labute approximate surface area is 109 Å². The Kier molecular flexibility index (Phi) is 4.96. The first kappa shape index (κ1) is 14.5. The molecular weight excluding hydrogens is 237 g/mol. The smallest absolute Gasteiger partial charge is 0.126 e. The van der Waals surface area contributed by atoms with E-state index in [1.807, 2.05) is 19.1 Å². The number of aryl methyl sites for hydroxylation is 1. The summed E-state index contributed by atoms with van der Waals surface area (Å²) in [7, 11) is 0. The van der Waals surface area contributed by atoms with Crippen LogP contribution in [0, 0.1) is 18.2 Å². The normalized spacial score (nSPS) is 17.1. The molecule has 0 saturated heterocycles. The van der Waals surface area contributed by atoms with Crippen LogP contribution in [0.5, 0.6) is 0 Å². The van der Waals surface area contributed by atoms with E-state index in [1.165, 1.54) is 24.8 Å². The topological polar surface area (TPSA) is 12.0 Å². The molecule has 2 rings (SSSR count). The van der Waals surface area contributed by atoms with Crippen LogP contribution in [0.2, 0.25) is 0 Å². The average molecular weight is 258 g/mol. The second kappa shape index (κ2) is 5.83. The molecule has 0 unspecified atom stereocenters. The Balaban J connectivity index is 0.00000144. The summed E-state index contributed by atoms with van der Waals surface area (Å²) in [4.78, 5) is 0. The van der Waals surface area contributed by atoms with Crippen LogP contribution in [0.3, 0.4) is 0 Å². The maximum absolute atomic E-state index is 13.1. The molecule has 1 aromatic carbocycles. The van der Waals surface area contributed by atoms with Crippen molar-refractivity contribution in [3.63, 3.8) is 0 Å². The van der Waals surface area contributed by atoms with Gasteiger partial charge in [-0.15, -0.1) is 12.4 Å². The van der Waals surface area contributed by atoms with E-state index in [4.69, 9.17) is 0 Å². The minimum atomic E-state index is -0.116. The lowest BCUT2D eigenvalue weighted by Crippen LogP contribution is -2.36. The molecule has 0 radical (unpaired) electrons. The quantitative estimate of drug-likeness (QED) is 0.864. The van der Waals surface area contributed by atoms with Crippen LogP contribution in [0.25, 0.3) is 0 Å². The average Bonchev–Trinajstić information content (AvgIpc) is 2.21. The number of rotatable bonds is 4. The van der Waals surface area contributed by atoms with Crippen molar-refractivity contribution < 1.29 is 4.39 Å². The molecule has 0 amide bonds. The Morgan fingerprint density at radius 1 is 1.35 bits per heavy atom. The van der Waals surface area contributed by atoms with Crippen LogP contribution in [0.1, 0.15) is 37.3 Å². The minimum absolute atomic E-state index is 0. The van der Waals surface area contributed by atoms with Gasteiger partial charge in [-0.3, -0.25) is 0 Å². The molecule has 0 spiro atoms. The molecule has 96 valence electrons. The lowest BCUT2D eigenvalue weighted by Gasteiger charge is -2.38. The van der Waals surface area contributed by atoms with Gasteiger partial charge in [-0.1, -0.05) is 25.5 Å². The zero-order valence-corrected chi connectivity index (χ0v) is 11.4. The first-order chi connectivity index (χ1) is 7.59. The molecule has 1 N–H and O–H groups in total. The van der Waals surface area contributed by atoms with Crippen molar-refractivity contribution in [1.29, 1.82) is 0 Å². The maximum Gasteiger partial charge on any atom is 0.126 e. The van der Waals surface area contributed by atoms with E-state index >= 15 is 0 Å². The number of hydrogen-bond acceptors (Lipinski definition) is 1. The van der Waals surface area contributed by atoms with Gasteiger partial charge < -0.3 is 5.32 Å². The highest BCUT2D eigenvalue weighted by atomic mass is 35.5. The first-order valence-electron chi connectivity index (χ1n) is 6.05. The molecule has 1 nitrogen and oxygen atoms in total. The van der Waals surface area contributed by atoms with Gasteiger partial charge in [-0.25, -0.2) is 4.39 Å². The highest BCUT2D eigenvalue weighted by Crippen LogP contribution is 2.39. The number of halogens is 2. The Morgan fingerprint density at radius 2 is 2.06 bits per heavy atom. The lowest BCUT2D eigenvalue weighted by molar-refractivity contribution is 0.156. The van der Waals surface area contributed by atoms with E-state index in [2.05, 4.69) is 12.2 Å². The van der Waals surface area contributed by atoms with Crippen molar-refractivity contribution in [2.75, 3.05) is 6.54 Å². The molecule has 0 aliphatic heterocycles. The number of nitrogens with one attached hydrogen (secondary N) is 1. The standard InChI is InChI=1S/C14H20FN.ClH/c1-11-8-12(4-5-13(11)15)9-16-10-14(2)6-3-7-14;/h4-5,8,16H,3,6-7,9-10H2,1-2H3;1H. The third-order valence-electron chi connectivity index (χ3n) is 3.66. The van der Waals surface area contributed by atoms with Gasteiger partial charge in [0.05, 0.1) is 0 Å². The summed E-state index contributed by atoms with van der Waals surface area (Å²) in [6.45, 7) is 6.06. The van der Waals surface area contributed by atoms with Gasteiger partial charge in [0.15, 0.2) is 0 Å². The molecule has 17 heavy (non-hydrogen) atoms. The highest BCUT2D eigenvalue weighted by Gasteiger charge is 2.30. The van der Waals surface area contributed by atoms with Gasteiger partial charge in [0.2, 0.25) is 0 Å². The molecule has 0 bridgehead atoms. The summed E-state index contributed by atoms with van der Waals surface area (Å²) in [5.74, 6) is -0.116. The summed E-state index contributed by atoms with van der Waals surface area (Å²) >= 11 is 0. The van der Waals surface area contributed by atoms with E-state index < -0.39 is 0 Å². The van der Waals surface area contributed by atoms with Crippen LogP contribution in [0.15, 0.2) is 18.2 Å². The molecule has 1 aliphatic carbocycles. The predicted octanol–water partition coefficient (Wildman–Crippen LogP) is 3.84. The summed E-state index contributed by atoms with van der Waals surface area (Å²) in [6.07, 6.45) is 4.04. The van der Waals surface area contributed by atoms with E-state index in [-0.39, 0.29) is 18.2 Å². The molecule has 1 saturated carbocycles. The highest BCUT2D eigenvalue weighted by molar-refractivity contribution is 5.85. The van der Waals surface area contributed by atoms with E-state index in [0.717, 1.165) is 18.7 Å². The van der Waals surface area contributed by atoms with Crippen LogP contribution in [-0.2, 0) is 6.54 Å². The zero-order chi connectivity index (χ0) is 11.6. The van der Waals surface area contributed by atoms with Gasteiger partial charge >= 0.3 is 0 Å². The van der Waals surface area contributed by atoms with E-state index in [9.17, 15) is 4.39 Å². The fourth-order valence-electron chi connectivity index (χ4n) is 2.28. The van der Waals surface area contributed by atoms with Crippen LogP contribution >= 0.6 is 12.4 Å². The van der Waals surface area contributed by atoms with Crippen LogP contribution < -0.4 is 5.32 Å². The van der Waals surface area contributed by atoms with Crippen LogP contribution in [-0.4, -0.2) is 6.54 Å². The number of benzene rings is 1. The fraction of sp³-hybridized carbons (Fsp3) is 0.571. The molecular formula is C14H21ClFN.